The van der Waals surface area contributed by atoms with Gasteiger partial charge in [0, 0.05) is 25.9 Å². The number of aromatic nitrogens is 1. The highest BCUT2D eigenvalue weighted by molar-refractivity contribution is 5.97. The first kappa shape index (κ1) is 15.9. The summed E-state index contributed by atoms with van der Waals surface area (Å²) in [5.41, 5.74) is 0.409. The normalized spacial score (nSPS) is 11.8. The molecule has 6 heteroatoms. The van der Waals surface area contributed by atoms with Gasteiger partial charge in [-0.1, -0.05) is 19.8 Å². The Balaban J connectivity index is 2.78. The van der Waals surface area contributed by atoms with E-state index in [-0.39, 0.29) is 5.91 Å². The van der Waals surface area contributed by atoms with Crippen LogP contribution in [0.1, 0.15) is 36.5 Å². The molecule has 20 heavy (non-hydrogen) atoms. The van der Waals surface area contributed by atoms with Gasteiger partial charge in [0.15, 0.2) is 0 Å². The maximum absolute atomic E-state index is 12.1. The molecule has 1 aromatic heterocycles. The summed E-state index contributed by atoms with van der Waals surface area (Å²) in [5, 5.41) is 11.7. The minimum absolute atomic E-state index is 0.390. The molecular formula is C14H21N3O3. The number of rotatable bonds is 7. The Labute approximate surface area is 118 Å². The SMILES string of the molecule is CCCCC(NC(=O)c1ccnc(N(C)C)c1)C(=O)O. The van der Waals surface area contributed by atoms with Gasteiger partial charge in [0.2, 0.25) is 0 Å². The predicted molar refractivity (Wildman–Crippen MR) is 77.0 cm³/mol. The monoisotopic (exact) mass is 279 g/mol. The molecule has 1 unspecified atom stereocenters. The summed E-state index contributed by atoms with van der Waals surface area (Å²) in [7, 11) is 3.65. The minimum Gasteiger partial charge on any atom is -0.480 e. The van der Waals surface area contributed by atoms with E-state index in [1.54, 1.807) is 17.0 Å². The van der Waals surface area contributed by atoms with E-state index in [1.165, 1.54) is 6.20 Å². The smallest absolute Gasteiger partial charge is 0.326 e. The molecule has 0 saturated carbocycles. The second kappa shape index (κ2) is 7.47. The van der Waals surface area contributed by atoms with Gasteiger partial charge in [-0.05, 0) is 18.6 Å². The van der Waals surface area contributed by atoms with Gasteiger partial charge in [0.25, 0.3) is 5.91 Å². The molecule has 1 amide bonds. The number of carboxylic acid groups (broad SMARTS) is 1. The second-order valence-corrected chi connectivity index (χ2v) is 4.80. The Morgan fingerprint density at radius 2 is 2.15 bits per heavy atom. The van der Waals surface area contributed by atoms with Crippen molar-refractivity contribution in [1.29, 1.82) is 0 Å². The molecule has 0 saturated heterocycles. The quantitative estimate of drug-likeness (QED) is 0.790. The fourth-order valence-corrected chi connectivity index (χ4v) is 1.71. The van der Waals surface area contributed by atoms with Crippen molar-refractivity contribution in [2.45, 2.75) is 32.2 Å². The van der Waals surface area contributed by atoms with Gasteiger partial charge in [0.1, 0.15) is 11.9 Å². The Hall–Kier alpha value is -2.11. The number of pyridine rings is 1. The Morgan fingerprint density at radius 1 is 1.45 bits per heavy atom. The summed E-state index contributed by atoms with van der Waals surface area (Å²) >= 11 is 0. The number of carbonyl (C=O) groups is 2. The van der Waals surface area contributed by atoms with Crippen LogP contribution in [0.3, 0.4) is 0 Å². The molecule has 0 aliphatic heterocycles. The molecule has 1 heterocycles. The van der Waals surface area contributed by atoms with Crippen molar-refractivity contribution in [3.63, 3.8) is 0 Å². The number of hydrogen-bond acceptors (Lipinski definition) is 4. The molecule has 1 atom stereocenters. The van der Waals surface area contributed by atoms with Gasteiger partial charge in [-0.2, -0.15) is 0 Å². The summed E-state index contributed by atoms with van der Waals surface area (Å²) in [6.07, 6.45) is 3.62. The van der Waals surface area contributed by atoms with Crippen LogP contribution >= 0.6 is 0 Å². The third-order valence-electron chi connectivity index (χ3n) is 2.92. The highest BCUT2D eigenvalue weighted by atomic mass is 16.4. The standard InChI is InChI=1S/C14H21N3O3/c1-4-5-6-11(14(19)20)16-13(18)10-7-8-15-12(9-10)17(2)3/h7-9,11H,4-6H2,1-3H3,(H,16,18)(H,19,20). The van der Waals surface area contributed by atoms with E-state index in [2.05, 4.69) is 10.3 Å². The van der Waals surface area contributed by atoms with E-state index in [0.29, 0.717) is 17.8 Å². The molecule has 0 bridgehead atoms. The molecule has 0 aliphatic rings. The van der Waals surface area contributed by atoms with Crippen molar-refractivity contribution in [1.82, 2.24) is 10.3 Å². The number of carboxylic acids is 1. The van der Waals surface area contributed by atoms with Crippen LogP contribution < -0.4 is 10.2 Å². The third kappa shape index (κ3) is 4.53. The molecule has 1 aromatic rings. The second-order valence-electron chi connectivity index (χ2n) is 4.80. The highest BCUT2D eigenvalue weighted by Crippen LogP contribution is 2.10. The zero-order chi connectivity index (χ0) is 15.1. The first-order chi connectivity index (χ1) is 9.45. The maximum Gasteiger partial charge on any atom is 0.326 e. The number of amides is 1. The third-order valence-corrected chi connectivity index (χ3v) is 2.92. The number of anilines is 1. The average Bonchev–Trinajstić information content (AvgIpc) is 2.42. The Bertz CT molecular complexity index is 474. The average molecular weight is 279 g/mol. The zero-order valence-electron chi connectivity index (χ0n) is 12.1. The largest absolute Gasteiger partial charge is 0.480 e. The fourth-order valence-electron chi connectivity index (χ4n) is 1.71. The zero-order valence-corrected chi connectivity index (χ0v) is 12.1. The van der Waals surface area contributed by atoms with Crippen molar-refractivity contribution in [2.24, 2.45) is 0 Å². The van der Waals surface area contributed by atoms with Crippen molar-refractivity contribution in [2.75, 3.05) is 19.0 Å². The van der Waals surface area contributed by atoms with Crippen molar-refractivity contribution >= 4 is 17.7 Å². The number of aliphatic carboxylic acids is 1. The molecule has 2 N–H and O–H groups in total. The van der Waals surface area contributed by atoms with E-state index >= 15 is 0 Å². The van der Waals surface area contributed by atoms with Crippen LogP contribution in [0, 0.1) is 0 Å². The van der Waals surface area contributed by atoms with Crippen LogP contribution in [-0.4, -0.2) is 42.1 Å². The van der Waals surface area contributed by atoms with Gasteiger partial charge >= 0.3 is 5.97 Å². The van der Waals surface area contributed by atoms with E-state index in [0.717, 1.165) is 12.8 Å². The molecule has 0 fully saturated rings. The maximum atomic E-state index is 12.1. The fraction of sp³-hybridized carbons (Fsp3) is 0.500. The summed E-state index contributed by atoms with van der Waals surface area (Å²) < 4.78 is 0. The van der Waals surface area contributed by atoms with E-state index in [1.807, 2.05) is 21.0 Å². The molecule has 6 nitrogen and oxygen atoms in total. The lowest BCUT2D eigenvalue weighted by Gasteiger charge is -2.15. The van der Waals surface area contributed by atoms with Crippen LogP contribution in [0.4, 0.5) is 5.82 Å². The number of carbonyl (C=O) groups excluding carboxylic acids is 1. The lowest BCUT2D eigenvalue weighted by molar-refractivity contribution is -0.139. The molecule has 0 aromatic carbocycles. The summed E-state index contributed by atoms with van der Waals surface area (Å²) in [4.78, 5) is 29.1. The van der Waals surface area contributed by atoms with Gasteiger partial charge in [-0.3, -0.25) is 4.79 Å². The van der Waals surface area contributed by atoms with Crippen LogP contribution in [0.25, 0.3) is 0 Å². The molecule has 1 rings (SSSR count). The lowest BCUT2D eigenvalue weighted by atomic mass is 10.1. The number of nitrogens with zero attached hydrogens (tertiary/aromatic N) is 2. The molecule has 0 spiro atoms. The Morgan fingerprint density at radius 3 is 2.70 bits per heavy atom. The first-order valence-corrected chi connectivity index (χ1v) is 6.62. The van der Waals surface area contributed by atoms with Crippen LogP contribution in [-0.2, 0) is 4.79 Å². The summed E-state index contributed by atoms with van der Waals surface area (Å²) in [6, 6.07) is 2.35. The van der Waals surface area contributed by atoms with Crippen LogP contribution in [0.2, 0.25) is 0 Å². The van der Waals surface area contributed by atoms with Crippen LogP contribution in [0.15, 0.2) is 18.3 Å². The lowest BCUT2D eigenvalue weighted by Crippen LogP contribution is -2.40. The van der Waals surface area contributed by atoms with Gasteiger partial charge in [-0.15, -0.1) is 0 Å². The predicted octanol–water partition coefficient (Wildman–Crippen LogP) is 1.52. The van der Waals surface area contributed by atoms with E-state index in [4.69, 9.17) is 5.11 Å². The first-order valence-electron chi connectivity index (χ1n) is 6.62. The number of hydrogen-bond donors (Lipinski definition) is 2. The Kier molecular flexibility index (Phi) is 5.96. The molecular weight excluding hydrogens is 258 g/mol. The highest BCUT2D eigenvalue weighted by Gasteiger charge is 2.20. The van der Waals surface area contributed by atoms with Gasteiger partial charge < -0.3 is 15.3 Å². The van der Waals surface area contributed by atoms with Crippen molar-refractivity contribution in [3.05, 3.63) is 23.9 Å². The van der Waals surface area contributed by atoms with Crippen molar-refractivity contribution < 1.29 is 14.7 Å². The van der Waals surface area contributed by atoms with Crippen molar-refractivity contribution in [3.8, 4) is 0 Å². The number of unbranched alkanes of at least 4 members (excludes halogenated alkanes) is 1. The molecule has 0 aliphatic carbocycles. The molecule has 0 radical (unpaired) electrons. The summed E-state index contributed by atoms with van der Waals surface area (Å²) in [6.45, 7) is 1.98. The topological polar surface area (TPSA) is 82.5 Å². The van der Waals surface area contributed by atoms with Gasteiger partial charge in [0.05, 0.1) is 0 Å². The van der Waals surface area contributed by atoms with E-state index < -0.39 is 12.0 Å². The van der Waals surface area contributed by atoms with Crippen LogP contribution in [0.5, 0.6) is 0 Å². The molecule has 110 valence electrons. The van der Waals surface area contributed by atoms with E-state index in [9.17, 15) is 9.59 Å². The summed E-state index contributed by atoms with van der Waals surface area (Å²) in [5.74, 6) is -0.745. The van der Waals surface area contributed by atoms with Gasteiger partial charge in [-0.25, -0.2) is 9.78 Å². The minimum atomic E-state index is -1.01. The number of nitrogens with one attached hydrogen (secondary N) is 1.